The number of nitrogens with one attached hydrogen (secondary N) is 1. The van der Waals surface area contributed by atoms with Gasteiger partial charge in [0, 0.05) is 58.0 Å². The first-order valence-corrected chi connectivity index (χ1v) is 21.1. The Bertz CT molecular complexity index is 1700. The van der Waals surface area contributed by atoms with Gasteiger partial charge in [0.05, 0.1) is 32.1 Å². The van der Waals surface area contributed by atoms with E-state index < -0.39 is 61.9 Å². The summed E-state index contributed by atoms with van der Waals surface area (Å²) in [7, 11) is -3.01. The fourth-order valence-corrected chi connectivity index (χ4v) is 8.17. The van der Waals surface area contributed by atoms with E-state index in [0.717, 1.165) is 12.8 Å². The molecule has 57 heavy (non-hydrogen) atoms. The highest BCUT2D eigenvalue weighted by Gasteiger charge is 2.42. The Kier molecular flexibility index (Phi) is 17.2. The average Bonchev–Trinajstić information content (AvgIpc) is 3.70. The van der Waals surface area contributed by atoms with Gasteiger partial charge < -0.3 is 39.0 Å². The van der Waals surface area contributed by atoms with Crippen LogP contribution in [0.5, 0.6) is 0 Å². The quantitative estimate of drug-likeness (QED) is 0.0930. The van der Waals surface area contributed by atoms with Crippen LogP contribution >= 0.6 is 7.60 Å². The number of nitrogens with zero attached hydrogens (tertiary/aromatic N) is 5. The van der Waals surface area contributed by atoms with E-state index in [2.05, 4.69) is 10.3 Å². The molecule has 1 N–H and O–H groups in total. The standard InChI is InChI=1S/C38H55N6O12P/c1-7-10-22-54-38(49)43-20-18-42(19-21-43)35(46)31(25-57(50,55-26(4)36(47)52-8-2)56-27(5)37(48)53-9-3)40-34(45)30-23-32(44-17-16-29(24-44)51-6)41-33(39-30)28-14-12-11-13-15-28/h11-15,23,26-27,29,31H,7-10,16-22,24-25H2,1-6H3,(H,40,45)/t26-,27-,29-,31-/m0/s1. The number of hydrogen-bond donors (Lipinski definition) is 1. The van der Waals surface area contributed by atoms with E-state index in [1.165, 1.54) is 29.7 Å². The zero-order valence-electron chi connectivity index (χ0n) is 33.5. The first-order valence-electron chi connectivity index (χ1n) is 19.3. The van der Waals surface area contributed by atoms with Crippen molar-refractivity contribution in [1.29, 1.82) is 0 Å². The van der Waals surface area contributed by atoms with Gasteiger partial charge >= 0.3 is 25.6 Å². The lowest BCUT2D eigenvalue weighted by molar-refractivity contribution is -0.152. The van der Waals surface area contributed by atoms with E-state index in [1.54, 1.807) is 33.1 Å². The molecule has 2 aliphatic rings. The van der Waals surface area contributed by atoms with Crippen molar-refractivity contribution in [2.24, 2.45) is 0 Å². The van der Waals surface area contributed by atoms with Gasteiger partial charge in [-0.05, 0) is 40.5 Å². The minimum absolute atomic E-state index is 0.00164. The number of ether oxygens (including phenoxy) is 4. The Morgan fingerprint density at radius 1 is 0.860 bits per heavy atom. The number of hydrogen-bond acceptors (Lipinski definition) is 15. The smallest absolute Gasteiger partial charge is 0.409 e. The highest BCUT2D eigenvalue weighted by Crippen LogP contribution is 2.51. The molecule has 4 rings (SSSR count). The second kappa shape index (κ2) is 21.8. The molecule has 19 heteroatoms. The Balaban J connectivity index is 1.70. The maximum absolute atomic E-state index is 14.7. The van der Waals surface area contributed by atoms with Crippen LogP contribution in [0.25, 0.3) is 11.4 Å². The van der Waals surface area contributed by atoms with E-state index >= 15 is 0 Å². The minimum Gasteiger partial charge on any atom is -0.464 e. The van der Waals surface area contributed by atoms with Crippen molar-refractivity contribution in [3.05, 3.63) is 42.1 Å². The minimum atomic E-state index is -4.64. The molecule has 314 valence electrons. The Labute approximate surface area is 333 Å². The lowest BCUT2D eigenvalue weighted by atomic mass is 10.2. The van der Waals surface area contributed by atoms with Gasteiger partial charge in [0.2, 0.25) is 5.91 Å². The molecule has 0 unspecified atom stereocenters. The molecule has 1 aromatic heterocycles. The average molecular weight is 819 g/mol. The number of rotatable bonds is 19. The summed E-state index contributed by atoms with van der Waals surface area (Å²) in [5.41, 5.74) is 0.551. The van der Waals surface area contributed by atoms with Gasteiger partial charge in [-0.3, -0.25) is 23.2 Å². The van der Waals surface area contributed by atoms with E-state index in [0.29, 0.717) is 30.9 Å². The van der Waals surface area contributed by atoms with E-state index in [-0.39, 0.29) is 63.6 Å². The van der Waals surface area contributed by atoms with Crippen LogP contribution in [0.2, 0.25) is 0 Å². The molecule has 0 aliphatic carbocycles. The van der Waals surface area contributed by atoms with Crippen molar-refractivity contribution in [3.63, 3.8) is 0 Å². The number of carbonyl (C=O) groups excluding carboxylic acids is 5. The molecule has 3 amide bonds. The van der Waals surface area contributed by atoms with Crippen molar-refractivity contribution in [1.82, 2.24) is 25.1 Å². The SMILES string of the molecule is CCCCOC(=O)N1CCN(C(=O)[C@H](CP(=O)(O[C@@H](C)C(=O)OCC)O[C@@H](C)C(=O)OCC)NC(=O)c2cc(N3CC[C@H](OC)C3)nc(-c3ccccc3)n2)CC1. The monoisotopic (exact) mass is 818 g/mol. The summed E-state index contributed by atoms with van der Waals surface area (Å²) in [5, 5.41) is 2.69. The largest absolute Gasteiger partial charge is 0.464 e. The molecule has 2 aliphatic heterocycles. The molecule has 0 radical (unpaired) electrons. The molecule has 2 aromatic rings. The highest BCUT2D eigenvalue weighted by molar-refractivity contribution is 7.54. The Hall–Kier alpha value is -4.64. The summed E-state index contributed by atoms with van der Waals surface area (Å²) in [6.07, 6.45) is -1.93. The summed E-state index contributed by atoms with van der Waals surface area (Å²) >= 11 is 0. The van der Waals surface area contributed by atoms with Gasteiger partial charge in [0.15, 0.2) is 18.0 Å². The topological polar surface area (TPSA) is 205 Å². The third-order valence-electron chi connectivity index (χ3n) is 9.24. The van der Waals surface area contributed by atoms with Crippen molar-refractivity contribution < 1.29 is 56.5 Å². The van der Waals surface area contributed by atoms with Crippen LogP contribution in [-0.4, -0.2) is 146 Å². The Morgan fingerprint density at radius 3 is 2.04 bits per heavy atom. The molecule has 3 heterocycles. The van der Waals surface area contributed by atoms with E-state index in [9.17, 15) is 28.5 Å². The van der Waals surface area contributed by atoms with Gasteiger partial charge in [-0.1, -0.05) is 43.7 Å². The number of aromatic nitrogens is 2. The van der Waals surface area contributed by atoms with Gasteiger partial charge in [-0.15, -0.1) is 0 Å². The fourth-order valence-electron chi connectivity index (χ4n) is 6.12. The van der Waals surface area contributed by atoms with E-state index in [4.69, 9.17) is 33.0 Å². The maximum Gasteiger partial charge on any atom is 0.409 e. The molecule has 2 saturated heterocycles. The van der Waals surface area contributed by atoms with Crippen LogP contribution in [0.4, 0.5) is 10.6 Å². The number of anilines is 1. The molecule has 2 fully saturated rings. The Morgan fingerprint density at radius 2 is 1.47 bits per heavy atom. The van der Waals surface area contributed by atoms with Gasteiger partial charge in [0.25, 0.3) is 5.91 Å². The number of esters is 2. The number of carbonyl (C=O) groups is 5. The van der Waals surface area contributed by atoms with Crippen molar-refractivity contribution >= 4 is 43.3 Å². The summed E-state index contributed by atoms with van der Waals surface area (Å²) in [6, 6.07) is 8.97. The van der Waals surface area contributed by atoms with Crippen LogP contribution < -0.4 is 10.2 Å². The number of amides is 3. The second-order valence-electron chi connectivity index (χ2n) is 13.5. The molecule has 1 aromatic carbocycles. The summed E-state index contributed by atoms with van der Waals surface area (Å²) in [6.45, 7) is 9.52. The van der Waals surface area contributed by atoms with Crippen LogP contribution in [0.3, 0.4) is 0 Å². The van der Waals surface area contributed by atoms with Crippen LogP contribution in [0.1, 0.15) is 64.4 Å². The first-order chi connectivity index (χ1) is 27.3. The highest BCUT2D eigenvalue weighted by atomic mass is 31.2. The van der Waals surface area contributed by atoms with Gasteiger partial charge in [-0.25, -0.2) is 24.4 Å². The number of methoxy groups -OCH3 is 1. The summed E-state index contributed by atoms with van der Waals surface area (Å²) in [4.78, 5) is 80.8. The lowest BCUT2D eigenvalue weighted by Gasteiger charge is -2.36. The number of unbranched alkanes of at least 4 members (excludes halogenated alkanes) is 1. The first kappa shape index (κ1) is 45.1. The van der Waals surface area contributed by atoms with Gasteiger partial charge in [-0.2, -0.15) is 0 Å². The van der Waals surface area contributed by atoms with Crippen molar-refractivity contribution in [3.8, 4) is 11.4 Å². The zero-order valence-corrected chi connectivity index (χ0v) is 34.4. The van der Waals surface area contributed by atoms with E-state index in [1.807, 2.05) is 30.0 Å². The predicted molar refractivity (Wildman–Crippen MR) is 208 cm³/mol. The third-order valence-corrected chi connectivity index (χ3v) is 11.3. The second-order valence-corrected chi connectivity index (χ2v) is 15.5. The summed E-state index contributed by atoms with van der Waals surface area (Å²) in [5.74, 6) is -2.49. The maximum atomic E-state index is 14.7. The van der Waals surface area contributed by atoms with Crippen molar-refractivity contribution in [2.75, 3.05) is 77.3 Å². The lowest BCUT2D eigenvalue weighted by Crippen LogP contribution is -2.57. The summed E-state index contributed by atoms with van der Waals surface area (Å²) < 4.78 is 47.0. The van der Waals surface area contributed by atoms with Crippen molar-refractivity contribution in [2.45, 2.75) is 78.2 Å². The molecule has 4 atom stereocenters. The van der Waals surface area contributed by atoms with Crippen LogP contribution in [-0.2, 0) is 46.9 Å². The number of benzene rings is 1. The fraction of sp³-hybridized carbons (Fsp3) is 0.605. The number of piperazine rings is 1. The van der Waals surface area contributed by atoms with Crippen LogP contribution in [0.15, 0.2) is 36.4 Å². The molecular formula is C38H55N6O12P. The molecule has 0 spiro atoms. The molecule has 0 saturated carbocycles. The normalized spacial score (nSPS) is 17.4. The third kappa shape index (κ3) is 12.9. The van der Waals surface area contributed by atoms with Gasteiger partial charge in [0.1, 0.15) is 17.6 Å². The molecule has 18 nitrogen and oxygen atoms in total. The van der Waals surface area contributed by atoms with Crippen LogP contribution in [0, 0.1) is 0 Å². The molecular weight excluding hydrogens is 763 g/mol. The molecule has 0 bridgehead atoms. The zero-order chi connectivity index (χ0) is 41.5. The predicted octanol–water partition coefficient (Wildman–Crippen LogP) is 3.68.